The molecule has 0 spiro atoms. The lowest BCUT2D eigenvalue weighted by molar-refractivity contribution is -0.120. The maximum absolute atomic E-state index is 12.2. The monoisotopic (exact) mass is 442 g/mol. The van der Waals surface area contributed by atoms with Gasteiger partial charge < -0.3 is 14.4 Å². The van der Waals surface area contributed by atoms with Crippen LogP contribution in [0.1, 0.15) is 0 Å². The highest BCUT2D eigenvalue weighted by Crippen LogP contribution is 2.38. The molecule has 2 aliphatic heterocycles. The summed E-state index contributed by atoms with van der Waals surface area (Å²) in [5.41, 5.74) is 2.61. The van der Waals surface area contributed by atoms with Gasteiger partial charge in [-0.05, 0) is 35.4 Å². The Balaban J connectivity index is 1.73. The van der Waals surface area contributed by atoms with Crippen LogP contribution in [0.15, 0.2) is 86.0 Å². The molecule has 0 radical (unpaired) electrons. The number of ether oxygens (including phenoxy) is 2. The first kappa shape index (κ1) is 21.8. The Kier molecular flexibility index (Phi) is 6.22. The zero-order chi connectivity index (χ0) is 23.4. The summed E-state index contributed by atoms with van der Waals surface area (Å²) < 4.78 is 11.6. The van der Waals surface area contributed by atoms with Crippen molar-refractivity contribution in [2.24, 2.45) is 0 Å². The van der Waals surface area contributed by atoms with Crippen LogP contribution in [0.5, 0.6) is 11.5 Å². The van der Waals surface area contributed by atoms with Gasteiger partial charge in [-0.2, -0.15) is 0 Å². The highest BCUT2D eigenvalue weighted by Gasteiger charge is 2.28. The molecule has 7 nitrogen and oxygen atoms in total. The Bertz CT molecular complexity index is 1190. The van der Waals surface area contributed by atoms with Crippen LogP contribution in [-0.2, 0) is 14.4 Å². The average molecular weight is 442 g/mol. The van der Waals surface area contributed by atoms with Gasteiger partial charge in [0.05, 0.1) is 11.4 Å². The van der Waals surface area contributed by atoms with E-state index in [9.17, 15) is 14.4 Å². The molecule has 2 aromatic carbocycles. The first-order valence-electron chi connectivity index (χ1n) is 10.3. The van der Waals surface area contributed by atoms with E-state index in [1.54, 1.807) is 41.3 Å². The fourth-order valence-corrected chi connectivity index (χ4v) is 3.62. The predicted molar refractivity (Wildman–Crippen MR) is 126 cm³/mol. The van der Waals surface area contributed by atoms with Gasteiger partial charge in [0, 0.05) is 24.8 Å². The van der Waals surface area contributed by atoms with Gasteiger partial charge in [-0.15, -0.1) is 0 Å². The molecule has 0 bridgehead atoms. The first-order valence-corrected chi connectivity index (χ1v) is 10.3. The maximum atomic E-state index is 12.2. The highest BCUT2D eigenvalue weighted by molar-refractivity contribution is 6.28. The van der Waals surface area contributed by atoms with Gasteiger partial charge in [-0.25, -0.2) is 4.90 Å². The summed E-state index contributed by atoms with van der Waals surface area (Å²) in [4.78, 5) is 39.2. The van der Waals surface area contributed by atoms with Gasteiger partial charge in [0.15, 0.2) is 0 Å². The van der Waals surface area contributed by atoms with Gasteiger partial charge in [0.25, 0.3) is 17.7 Å². The molecule has 0 saturated heterocycles. The van der Waals surface area contributed by atoms with E-state index in [2.05, 4.69) is 13.2 Å². The molecule has 4 rings (SSSR count). The van der Waals surface area contributed by atoms with Crippen molar-refractivity contribution in [1.29, 1.82) is 0 Å². The number of imide groups is 1. The summed E-state index contributed by atoms with van der Waals surface area (Å²) in [6, 6.07) is 10.8. The number of carbonyl (C=O) groups is 3. The lowest BCUT2D eigenvalue weighted by Gasteiger charge is -2.21. The molecule has 0 N–H and O–H groups in total. The molecular formula is C26H22N2O5. The van der Waals surface area contributed by atoms with E-state index in [1.807, 2.05) is 18.2 Å². The van der Waals surface area contributed by atoms with E-state index < -0.39 is 11.8 Å². The van der Waals surface area contributed by atoms with Crippen LogP contribution in [0.2, 0.25) is 0 Å². The lowest BCUT2D eigenvalue weighted by Crippen LogP contribution is -2.30. The molecule has 2 heterocycles. The fourth-order valence-electron chi connectivity index (χ4n) is 3.62. The van der Waals surface area contributed by atoms with Crippen LogP contribution >= 0.6 is 0 Å². The summed E-state index contributed by atoms with van der Waals surface area (Å²) in [6.45, 7) is 8.31. The van der Waals surface area contributed by atoms with Gasteiger partial charge in [-0.3, -0.25) is 14.4 Å². The van der Waals surface area contributed by atoms with E-state index in [0.29, 0.717) is 29.4 Å². The summed E-state index contributed by atoms with van der Waals surface area (Å²) in [5.74, 6) is -0.0520. The lowest BCUT2D eigenvalue weighted by atomic mass is 10.0. The van der Waals surface area contributed by atoms with Crippen LogP contribution in [0, 0.1) is 0 Å². The third-order valence-corrected chi connectivity index (χ3v) is 5.12. The normalized spacial score (nSPS) is 14.8. The summed E-state index contributed by atoms with van der Waals surface area (Å²) in [5, 5.41) is 0. The van der Waals surface area contributed by atoms with Crippen LogP contribution in [0.4, 0.5) is 11.4 Å². The van der Waals surface area contributed by atoms with Crippen LogP contribution in [0.25, 0.3) is 11.1 Å². The Morgan fingerprint density at radius 2 is 1.30 bits per heavy atom. The molecule has 33 heavy (non-hydrogen) atoms. The number of benzene rings is 2. The molecule has 3 amide bonds. The zero-order valence-electron chi connectivity index (χ0n) is 17.9. The standard InChI is InChI=1S/C26H22N2O5/c1-3-14-32-22-16-18(7-9-20(22)27-13-5-6-24(27)29)19-8-10-21(23(17-19)33-15-4-2)28-25(30)11-12-26(28)31/h3-12,16-17H,1-2,13-15H2. The fraction of sp³-hybridized carbons (Fsp3) is 0.115. The summed E-state index contributed by atoms with van der Waals surface area (Å²) in [6.07, 6.45) is 9.00. The van der Waals surface area contributed by atoms with Gasteiger partial charge in [-0.1, -0.05) is 43.5 Å². The Hall–Kier alpha value is -4.39. The van der Waals surface area contributed by atoms with E-state index in [1.165, 1.54) is 18.2 Å². The summed E-state index contributed by atoms with van der Waals surface area (Å²) >= 11 is 0. The second-order valence-electron chi connectivity index (χ2n) is 7.26. The van der Waals surface area contributed by atoms with Gasteiger partial charge in [0.1, 0.15) is 24.7 Å². The van der Waals surface area contributed by atoms with Crippen LogP contribution in [0.3, 0.4) is 0 Å². The minimum atomic E-state index is -0.426. The number of amides is 3. The molecule has 0 unspecified atom stereocenters. The van der Waals surface area contributed by atoms with Gasteiger partial charge >= 0.3 is 0 Å². The van der Waals surface area contributed by atoms with Crippen molar-refractivity contribution >= 4 is 29.1 Å². The minimum Gasteiger partial charge on any atom is -0.487 e. The molecule has 0 aliphatic carbocycles. The van der Waals surface area contributed by atoms with E-state index >= 15 is 0 Å². The van der Waals surface area contributed by atoms with Crippen molar-refractivity contribution in [2.45, 2.75) is 0 Å². The van der Waals surface area contributed by atoms with Crippen LogP contribution in [-0.4, -0.2) is 37.5 Å². The molecule has 7 heteroatoms. The SMILES string of the molecule is C=CCOc1cc(-c2ccc(N3C(=O)C=CC3=O)c(OCC=C)c2)ccc1N1CC=CC1=O. The number of hydrogen-bond acceptors (Lipinski definition) is 5. The van der Waals surface area contributed by atoms with Gasteiger partial charge in [0.2, 0.25) is 0 Å². The molecule has 0 atom stereocenters. The second-order valence-corrected chi connectivity index (χ2v) is 7.26. The quantitative estimate of drug-likeness (QED) is 0.436. The average Bonchev–Trinajstić information content (AvgIpc) is 3.40. The number of anilines is 2. The molecule has 2 aromatic rings. The molecule has 0 aromatic heterocycles. The van der Waals surface area contributed by atoms with Crippen molar-refractivity contribution in [3.05, 3.63) is 86.0 Å². The largest absolute Gasteiger partial charge is 0.487 e. The number of hydrogen-bond donors (Lipinski definition) is 0. The smallest absolute Gasteiger partial charge is 0.258 e. The minimum absolute atomic E-state index is 0.107. The van der Waals surface area contributed by atoms with Crippen molar-refractivity contribution in [2.75, 3.05) is 29.6 Å². The molecule has 0 saturated carbocycles. The predicted octanol–water partition coefficient (Wildman–Crippen LogP) is 3.82. The molecule has 166 valence electrons. The van der Waals surface area contributed by atoms with Crippen molar-refractivity contribution in [1.82, 2.24) is 0 Å². The molecule has 0 fully saturated rings. The van der Waals surface area contributed by atoms with E-state index in [0.717, 1.165) is 16.0 Å². The van der Waals surface area contributed by atoms with Crippen LogP contribution < -0.4 is 19.3 Å². The van der Waals surface area contributed by atoms with E-state index in [-0.39, 0.29) is 19.1 Å². The third-order valence-electron chi connectivity index (χ3n) is 5.12. The first-order chi connectivity index (χ1) is 16.0. The second kappa shape index (κ2) is 9.40. The molecule has 2 aliphatic rings. The Morgan fingerprint density at radius 3 is 1.82 bits per heavy atom. The van der Waals surface area contributed by atoms with E-state index in [4.69, 9.17) is 9.47 Å². The zero-order valence-corrected chi connectivity index (χ0v) is 17.9. The van der Waals surface area contributed by atoms with Crippen molar-refractivity contribution in [3.63, 3.8) is 0 Å². The highest BCUT2D eigenvalue weighted by atomic mass is 16.5. The number of rotatable bonds is 9. The third kappa shape index (κ3) is 4.34. The topological polar surface area (TPSA) is 76.2 Å². The Labute approximate surface area is 191 Å². The molecular weight excluding hydrogens is 420 g/mol. The number of nitrogens with zero attached hydrogens (tertiary/aromatic N) is 2. The maximum Gasteiger partial charge on any atom is 0.258 e. The van der Waals surface area contributed by atoms with Crippen molar-refractivity contribution < 1.29 is 23.9 Å². The Morgan fingerprint density at radius 1 is 0.758 bits per heavy atom. The van der Waals surface area contributed by atoms with Crippen molar-refractivity contribution in [3.8, 4) is 22.6 Å². The summed E-state index contributed by atoms with van der Waals surface area (Å²) in [7, 11) is 0. The number of carbonyl (C=O) groups excluding carboxylic acids is 3.